The largest absolute Gasteiger partial charge is 0.433 e. The summed E-state index contributed by atoms with van der Waals surface area (Å²) >= 11 is 0. The highest BCUT2D eigenvalue weighted by molar-refractivity contribution is 6.00. The summed E-state index contributed by atoms with van der Waals surface area (Å²) in [6, 6.07) is 8.44. The lowest BCUT2D eigenvalue weighted by Gasteiger charge is -2.54. The zero-order valence-corrected chi connectivity index (χ0v) is 19.8. The molecule has 35 heavy (non-hydrogen) atoms. The summed E-state index contributed by atoms with van der Waals surface area (Å²) in [5.74, 6) is 2.38. The maximum atomic E-state index is 14.0. The Morgan fingerprint density at radius 2 is 1.66 bits per heavy atom. The Bertz CT molecular complexity index is 1250. The van der Waals surface area contributed by atoms with Crippen molar-refractivity contribution in [2.24, 2.45) is 23.7 Å². The minimum atomic E-state index is -4.64. The van der Waals surface area contributed by atoms with Gasteiger partial charge < -0.3 is 5.32 Å². The SMILES string of the molecule is CC(C)c1ccc(-c2cc(C(F)(F)F)n3ncc(C(=O)NC4C5CC6CC(C5)CC4C6)c3n2)cc1. The van der Waals surface area contributed by atoms with Gasteiger partial charge in [-0.05, 0) is 73.3 Å². The van der Waals surface area contributed by atoms with Crippen LogP contribution < -0.4 is 5.32 Å². The number of fused-ring (bicyclic) bond motifs is 1. The number of rotatable bonds is 4. The first-order valence-electron chi connectivity index (χ1n) is 12.5. The van der Waals surface area contributed by atoms with E-state index in [2.05, 4.69) is 29.2 Å². The Kier molecular flexibility index (Phi) is 5.20. The molecule has 0 radical (unpaired) electrons. The lowest BCUT2D eigenvalue weighted by atomic mass is 9.54. The van der Waals surface area contributed by atoms with Gasteiger partial charge in [-0.15, -0.1) is 0 Å². The summed E-state index contributed by atoms with van der Waals surface area (Å²) in [6.07, 6.45) is 2.44. The molecule has 0 spiro atoms. The van der Waals surface area contributed by atoms with Crippen molar-refractivity contribution >= 4 is 11.6 Å². The third kappa shape index (κ3) is 3.91. The Labute approximate surface area is 202 Å². The van der Waals surface area contributed by atoms with Crippen molar-refractivity contribution in [3.63, 3.8) is 0 Å². The Morgan fingerprint density at radius 1 is 1.03 bits per heavy atom. The summed E-state index contributed by atoms with van der Waals surface area (Å²) in [6.45, 7) is 4.11. The number of halogens is 3. The number of aromatic nitrogens is 3. The second-order valence-corrected chi connectivity index (χ2v) is 11.0. The van der Waals surface area contributed by atoms with E-state index in [4.69, 9.17) is 0 Å². The summed E-state index contributed by atoms with van der Waals surface area (Å²) in [4.78, 5) is 17.9. The molecule has 184 valence electrons. The van der Waals surface area contributed by atoms with Gasteiger partial charge in [0.15, 0.2) is 11.3 Å². The second-order valence-electron chi connectivity index (χ2n) is 11.0. The molecular formula is C27H29F3N4O. The molecule has 4 bridgehead atoms. The van der Waals surface area contributed by atoms with Gasteiger partial charge in [0.1, 0.15) is 5.56 Å². The van der Waals surface area contributed by atoms with Crippen LogP contribution in [0.25, 0.3) is 16.9 Å². The standard InChI is InChI=1S/C27H29F3N4O/c1-14(2)17-3-5-18(6-4-17)22-12-23(27(28,29)30)34-25(32-22)21(13-31-34)26(35)33-24-19-8-15-7-16(10-19)11-20(24)9-15/h3-6,12-16,19-20,24H,7-11H2,1-2H3,(H,33,35). The number of amides is 1. The number of carbonyl (C=O) groups is 1. The predicted octanol–water partition coefficient (Wildman–Crippen LogP) is 6.09. The maximum absolute atomic E-state index is 14.0. The first kappa shape index (κ1) is 22.6. The Hall–Kier alpha value is -2.90. The van der Waals surface area contributed by atoms with Crippen LogP contribution in [0, 0.1) is 23.7 Å². The van der Waals surface area contributed by atoms with Crippen LogP contribution in [0.5, 0.6) is 0 Å². The molecule has 0 atom stereocenters. The fraction of sp³-hybridized carbons (Fsp3) is 0.519. The average molecular weight is 483 g/mol. The number of nitrogens with one attached hydrogen (secondary N) is 1. The van der Waals surface area contributed by atoms with Crippen LogP contribution in [0.1, 0.15) is 73.5 Å². The van der Waals surface area contributed by atoms with Crippen molar-refractivity contribution in [1.29, 1.82) is 0 Å². The van der Waals surface area contributed by atoms with E-state index in [1.54, 1.807) is 12.1 Å². The van der Waals surface area contributed by atoms with E-state index in [-0.39, 0.29) is 28.9 Å². The van der Waals surface area contributed by atoms with E-state index in [0.29, 0.717) is 23.3 Å². The van der Waals surface area contributed by atoms with Crippen molar-refractivity contribution in [2.75, 3.05) is 0 Å². The summed E-state index contributed by atoms with van der Waals surface area (Å²) in [7, 11) is 0. The number of alkyl halides is 3. The fourth-order valence-electron chi connectivity index (χ4n) is 6.90. The van der Waals surface area contributed by atoms with E-state index < -0.39 is 11.9 Å². The fourth-order valence-corrected chi connectivity index (χ4v) is 6.90. The van der Waals surface area contributed by atoms with Crippen molar-refractivity contribution < 1.29 is 18.0 Å². The smallest absolute Gasteiger partial charge is 0.349 e. The van der Waals surface area contributed by atoms with Crippen molar-refractivity contribution in [1.82, 2.24) is 19.9 Å². The van der Waals surface area contributed by atoms with E-state index in [9.17, 15) is 18.0 Å². The van der Waals surface area contributed by atoms with E-state index in [0.717, 1.165) is 53.7 Å². The van der Waals surface area contributed by atoms with Gasteiger partial charge in [-0.3, -0.25) is 4.79 Å². The first-order valence-corrected chi connectivity index (χ1v) is 12.5. The molecule has 1 N–H and O–H groups in total. The molecule has 1 aromatic carbocycles. The average Bonchev–Trinajstić information content (AvgIpc) is 3.23. The molecule has 4 fully saturated rings. The quantitative estimate of drug-likeness (QED) is 0.489. The Morgan fingerprint density at radius 3 is 2.23 bits per heavy atom. The number of hydrogen-bond acceptors (Lipinski definition) is 3. The van der Waals surface area contributed by atoms with Gasteiger partial charge in [0.2, 0.25) is 0 Å². The molecular weight excluding hydrogens is 453 g/mol. The van der Waals surface area contributed by atoms with Gasteiger partial charge in [-0.2, -0.15) is 18.3 Å². The first-order chi connectivity index (χ1) is 16.7. The van der Waals surface area contributed by atoms with Gasteiger partial charge in [0, 0.05) is 11.6 Å². The lowest BCUT2D eigenvalue weighted by molar-refractivity contribution is -0.142. The molecule has 0 unspecified atom stereocenters. The van der Waals surface area contributed by atoms with Gasteiger partial charge >= 0.3 is 6.18 Å². The van der Waals surface area contributed by atoms with Crippen LogP contribution in [0.3, 0.4) is 0 Å². The topological polar surface area (TPSA) is 59.3 Å². The zero-order chi connectivity index (χ0) is 24.5. The summed E-state index contributed by atoms with van der Waals surface area (Å²) < 4.78 is 42.7. The van der Waals surface area contributed by atoms with Crippen LogP contribution in [0.15, 0.2) is 36.5 Å². The highest BCUT2D eigenvalue weighted by atomic mass is 19.4. The van der Waals surface area contributed by atoms with Crippen molar-refractivity contribution in [3.05, 3.63) is 53.3 Å². The second kappa shape index (κ2) is 8.07. The number of carbonyl (C=O) groups excluding carboxylic acids is 1. The van der Waals surface area contributed by atoms with E-state index in [1.165, 1.54) is 12.6 Å². The molecule has 4 saturated carbocycles. The molecule has 2 aromatic heterocycles. The minimum absolute atomic E-state index is 0.0657. The van der Waals surface area contributed by atoms with Gasteiger partial charge in [0.05, 0.1) is 11.9 Å². The monoisotopic (exact) mass is 482 g/mol. The minimum Gasteiger partial charge on any atom is -0.349 e. The lowest BCUT2D eigenvalue weighted by Crippen LogP contribution is -2.55. The molecule has 4 aliphatic rings. The third-order valence-electron chi connectivity index (χ3n) is 8.40. The highest BCUT2D eigenvalue weighted by Crippen LogP contribution is 2.53. The van der Waals surface area contributed by atoms with Gasteiger partial charge in [0.25, 0.3) is 5.91 Å². The van der Waals surface area contributed by atoms with Crippen molar-refractivity contribution in [3.8, 4) is 11.3 Å². The molecule has 3 aromatic rings. The summed E-state index contributed by atoms with van der Waals surface area (Å²) in [5.41, 5.74) is 0.902. The van der Waals surface area contributed by atoms with E-state index in [1.807, 2.05) is 12.1 Å². The molecule has 5 nitrogen and oxygen atoms in total. The number of benzene rings is 1. The normalized spacial score (nSPS) is 27.7. The van der Waals surface area contributed by atoms with Crippen LogP contribution >= 0.6 is 0 Å². The predicted molar refractivity (Wildman–Crippen MR) is 126 cm³/mol. The molecule has 0 saturated heterocycles. The van der Waals surface area contributed by atoms with Crippen molar-refractivity contribution in [2.45, 2.75) is 64.1 Å². The number of hydrogen-bond donors (Lipinski definition) is 1. The molecule has 7 rings (SSSR count). The zero-order valence-electron chi connectivity index (χ0n) is 19.8. The Balaban J connectivity index is 1.37. The van der Waals surface area contributed by atoms with E-state index >= 15 is 0 Å². The maximum Gasteiger partial charge on any atom is 0.433 e. The highest BCUT2D eigenvalue weighted by Gasteiger charge is 2.48. The van der Waals surface area contributed by atoms with Crippen LogP contribution in [0.2, 0.25) is 0 Å². The number of nitrogens with zero attached hydrogens (tertiary/aromatic N) is 3. The summed E-state index contributed by atoms with van der Waals surface area (Å²) in [5, 5.41) is 7.12. The van der Waals surface area contributed by atoms with Crippen LogP contribution in [-0.4, -0.2) is 26.5 Å². The van der Waals surface area contributed by atoms with Gasteiger partial charge in [-0.1, -0.05) is 38.1 Å². The molecule has 0 aliphatic heterocycles. The molecule has 1 amide bonds. The molecule has 4 aliphatic carbocycles. The molecule has 8 heteroatoms. The molecule has 2 heterocycles. The van der Waals surface area contributed by atoms with Crippen LogP contribution in [0.4, 0.5) is 13.2 Å². The third-order valence-corrected chi connectivity index (χ3v) is 8.40. The van der Waals surface area contributed by atoms with Gasteiger partial charge in [-0.25, -0.2) is 9.50 Å². The van der Waals surface area contributed by atoms with Crippen LogP contribution in [-0.2, 0) is 6.18 Å².